The minimum Gasteiger partial charge on any atom is -0.481 e. The topological polar surface area (TPSA) is 63.3 Å². The van der Waals surface area contributed by atoms with Crippen LogP contribution in [0, 0.1) is 5.82 Å². The molecule has 0 aliphatic heterocycles. The molecule has 3 rings (SSSR count). The lowest BCUT2D eigenvalue weighted by Gasteiger charge is -2.01. The second kappa shape index (κ2) is 6.66. The van der Waals surface area contributed by atoms with Gasteiger partial charge < -0.3 is 9.52 Å². The molecule has 0 aliphatic carbocycles. The van der Waals surface area contributed by atoms with Gasteiger partial charge >= 0.3 is 5.97 Å². The molecular formula is C17H12FNO3S. The highest BCUT2D eigenvalue weighted by molar-refractivity contribution is 7.99. The Morgan fingerprint density at radius 2 is 1.78 bits per heavy atom. The number of carbonyl (C=O) groups is 1. The third-order valence-corrected chi connectivity index (χ3v) is 3.89. The highest BCUT2D eigenvalue weighted by Gasteiger charge is 2.17. The smallest absolute Gasteiger partial charge is 0.314 e. The van der Waals surface area contributed by atoms with E-state index in [-0.39, 0.29) is 16.8 Å². The van der Waals surface area contributed by atoms with Crippen LogP contribution >= 0.6 is 11.8 Å². The average molecular weight is 329 g/mol. The van der Waals surface area contributed by atoms with Gasteiger partial charge in [0.25, 0.3) is 5.22 Å². The number of carboxylic acid groups (broad SMARTS) is 1. The monoisotopic (exact) mass is 329 g/mol. The number of aliphatic carboxylic acids is 1. The van der Waals surface area contributed by atoms with E-state index in [9.17, 15) is 9.18 Å². The zero-order valence-electron chi connectivity index (χ0n) is 11.9. The predicted molar refractivity (Wildman–Crippen MR) is 85.7 cm³/mol. The molecule has 0 atom stereocenters. The summed E-state index contributed by atoms with van der Waals surface area (Å²) in [6.07, 6.45) is 0. The summed E-state index contributed by atoms with van der Waals surface area (Å²) in [5.41, 5.74) is 2.13. The number of oxazole rings is 1. The first kappa shape index (κ1) is 15.3. The Balaban J connectivity index is 2.05. The summed E-state index contributed by atoms with van der Waals surface area (Å²) in [6.45, 7) is 0. The van der Waals surface area contributed by atoms with Crippen LogP contribution in [0.25, 0.3) is 22.6 Å². The number of carboxylic acids is 1. The molecule has 0 saturated carbocycles. The Morgan fingerprint density at radius 3 is 2.43 bits per heavy atom. The molecule has 1 N–H and O–H groups in total. The van der Waals surface area contributed by atoms with Crippen molar-refractivity contribution in [2.24, 2.45) is 0 Å². The summed E-state index contributed by atoms with van der Waals surface area (Å²) in [5, 5.41) is 9.05. The van der Waals surface area contributed by atoms with Gasteiger partial charge in [0, 0.05) is 11.1 Å². The summed E-state index contributed by atoms with van der Waals surface area (Å²) in [4.78, 5) is 15.1. The Morgan fingerprint density at radius 1 is 1.09 bits per heavy atom. The summed E-state index contributed by atoms with van der Waals surface area (Å²) >= 11 is 1.00. The first-order valence-electron chi connectivity index (χ1n) is 6.80. The van der Waals surface area contributed by atoms with Crippen LogP contribution < -0.4 is 0 Å². The van der Waals surface area contributed by atoms with E-state index >= 15 is 0 Å². The number of hydrogen-bond acceptors (Lipinski definition) is 4. The first-order chi connectivity index (χ1) is 11.1. The summed E-state index contributed by atoms with van der Waals surface area (Å²) in [7, 11) is 0. The molecule has 0 spiro atoms. The molecule has 1 heterocycles. The van der Waals surface area contributed by atoms with E-state index in [4.69, 9.17) is 9.52 Å². The molecular weight excluding hydrogens is 317 g/mol. The Kier molecular flexibility index (Phi) is 4.43. The summed E-state index contributed by atoms with van der Waals surface area (Å²) in [5.74, 6) is -0.936. The highest BCUT2D eigenvalue weighted by atomic mass is 32.2. The van der Waals surface area contributed by atoms with E-state index < -0.39 is 5.97 Å². The fraction of sp³-hybridized carbons (Fsp3) is 0.0588. The van der Waals surface area contributed by atoms with Gasteiger partial charge in [-0.2, -0.15) is 0 Å². The quantitative estimate of drug-likeness (QED) is 0.706. The molecule has 23 heavy (non-hydrogen) atoms. The molecule has 0 saturated heterocycles. The van der Waals surface area contributed by atoms with Crippen molar-refractivity contribution in [3.05, 3.63) is 60.4 Å². The van der Waals surface area contributed by atoms with Crippen LogP contribution in [-0.2, 0) is 4.79 Å². The third-order valence-electron chi connectivity index (χ3n) is 3.08. The molecule has 6 heteroatoms. The van der Waals surface area contributed by atoms with E-state index in [0.29, 0.717) is 17.0 Å². The van der Waals surface area contributed by atoms with Gasteiger partial charge in [-0.15, -0.1) is 0 Å². The van der Waals surface area contributed by atoms with Gasteiger partial charge in [0.15, 0.2) is 5.76 Å². The second-order valence-electron chi connectivity index (χ2n) is 4.71. The zero-order chi connectivity index (χ0) is 16.2. The number of rotatable bonds is 5. The number of nitrogens with zero attached hydrogens (tertiary/aromatic N) is 1. The molecule has 0 unspecified atom stereocenters. The van der Waals surface area contributed by atoms with Crippen molar-refractivity contribution in [1.82, 2.24) is 4.98 Å². The van der Waals surface area contributed by atoms with Gasteiger partial charge in [-0.3, -0.25) is 4.79 Å². The fourth-order valence-electron chi connectivity index (χ4n) is 2.07. The minimum absolute atomic E-state index is 0.141. The maximum atomic E-state index is 13.1. The van der Waals surface area contributed by atoms with Crippen molar-refractivity contribution in [2.75, 3.05) is 5.75 Å². The minimum atomic E-state index is -0.946. The number of hydrogen-bond donors (Lipinski definition) is 1. The van der Waals surface area contributed by atoms with Crippen LogP contribution in [0.5, 0.6) is 0 Å². The van der Waals surface area contributed by atoms with Crippen LogP contribution in [0.1, 0.15) is 0 Å². The van der Waals surface area contributed by atoms with Crippen molar-refractivity contribution in [1.29, 1.82) is 0 Å². The molecule has 0 bridgehead atoms. The Labute approximate surface area is 136 Å². The van der Waals surface area contributed by atoms with E-state index in [1.165, 1.54) is 12.1 Å². The number of thioether (sulfide) groups is 1. The molecule has 2 aromatic carbocycles. The van der Waals surface area contributed by atoms with Gasteiger partial charge in [-0.05, 0) is 24.3 Å². The molecule has 1 aromatic heterocycles. The standard InChI is InChI=1S/C17H12FNO3S/c18-13-8-6-12(7-9-13)16-15(11-4-2-1-3-5-11)19-17(22-16)23-10-14(20)21/h1-9H,10H2,(H,20,21). The van der Waals surface area contributed by atoms with Crippen molar-refractivity contribution < 1.29 is 18.7 Å². The molecule has 4 nitrogen and oxygen atoms in total. The Bertz CT molecular complexity index is 816. The van der Waals surface area contributed by atoms with Gasteiger partial charge in [0.2, 0.25) is 0 Å². The predicted octanol–water partition coefficient (Wildman–Crippen LogP) is 4.32. The van der Waals surface area contributed by atoms with Gasteiger partial charge in [0.05, 0.1) is 0 Å². The molecule has 0 aliphatic rings. The number of benzene rings is 2. The van der Waals surface area contributed by atoms with Crippen LogP contribution in [0.4, 0.5) is 4.39 Å². The van der Waals surface area contributed by atoms with E-state index in [1.54, 1.807) is 12.1 Å². The average Bonchev–Trinajstić information content (AvgIpc) is 2.99. The van der Waals surface area contributed by atoms with Gasteiger partial charge in [-0.25, -0.2) is 9.37 Å². The molecule has 116 valence electrons. The summed E-state index contributed by atoms with van der Waals surface area (Å²) < 4.78 is 18.8. The Hall–Kier alpha value is -2.60. The molecule has 0 fully saturated rings. The van der Waals surface area contributed by atoms with Crippen LogP contribution in [0.3, 0.4) is 0 Å². The van der Waals surface area contributed by atoms with Crippen LogP contribution in [0.2, 0.25) is 0 Å². The highest BCUT2D eigenvalue weighted by Crippen LogP contribution is 2.35. The third kappa shape index (κ3) is 3.60. The lowest BCUT2D eigenvalue weighted by Crippen LogP contribution is -1.97. The van der Waals surface area contributed by atoms with E-state index in [0.717, 1.165) is 17.3 Å². The van der Waals surface area contributed by atoms with Gasteiger partial charge in [0.1, 0.15) is 17.3 Å². The SMILES string of the molecule is O=C(O)CSc1nc(-c2ccccc2)c(-c2ccc(F)cc2)o1. The van der Waals surface area contributed by atoms with E-state index in [1.807, 2.05) is 30.3 Å². The lowest BCUT2D eigenvalue weighted by atomic mass is 10.1. The molecule has 0 radical (unpaired) electrons. The normalized spacial score (nSPS) is 10.7. The largest absolute Gasteiger partial charge is 0.481 e. The van der Waals surface area contributed by atoms with Gasteiger partial charge in [-0.1, -0.05) is 42.1 Å². The van der Waals surface area contributed by atoms with Crippen molar-refractivity contribution in [3.8, 4) is 22.6 Å². The summed E-state index contributed by atoms with van der Waals surface area (Å²) in [6, 6.07) is 15.3. The zero-order valence-corrected chi connectivity index (χ0v) is 12.7. The van der Waals surface area contributed by atoms with Crippen molar-refractivity contribution >= 4 is 17.7 Å². The molecule has 0 amide bonds. The number of halogens is 1. The molecule has 3 aromatic rings. The van der Waals surface area contributed by atoms with Crippen LogP contribution in [0.15, 0.2) is 64.2 Å². The lowest BCUT2D eigenvalue weighted by molar-refractivity contribution is -0.133. The number of aromatic nitrogens is 1. The van der Waals surface area contributed by atoms with E-state index in [2.05, 4.69) is 4.98 Å². The first-order valence-corrected chi connectivity index (χ1v) is 7.79. The van der Waals surface area contributed by atoms with Crippen molar-refractivity contribution in [3.63, 3.8) is 0 Å². The fourth-order valence-corrected chi connectivity index (χ4v) is 2.62. The maximum absolute atomic E-state index is 13.1. The van der Waals surface area contributed by atoms with Crippen molar-refractivity contribution in [2.45, 2.75) is 5.22 Å². The van der Waals surface area contributed by atoms with Crippen LogP contribution in [-0.4, -0.2) is 21.8 Å². The maximum Gasteiger partial charge on any atom is 0.314 e. The second-order valence-corrected chi connectivity index (χ2v) is 5.64.